The first-order valence-electron chi connectivity index (χ1n) is 8.03. The van der Waals surface area contributed by atoms with E-state index in [2.05, 4.69) is 10.9 Å². The summed E-state index contributed by atoms with van der Waals surface area (Å²) in [5, 5.41) is 0. The lowest BCUT2D eigenvalue weighted by atomic mass is 10.1. The number of methoxy groups -OCH3 is 1. The maximum atomic E-state index is 11.8. The van der Waals surface area contributed by atoms with Crippen LogP contribution < -0.4 is 25.1 Å². The first kappa shape index (κ1) is 19.1. The monoisotopic (exact) mass is 358 g/mol. The Hall–Kier alpha value is -3.22. The van der Waals surface area contributed by atoms with Gasteiger partial charge in [-0.1, -0.05) is 18.2 Å². The normalized spacial score (nSPS) is 9.96. The quantitative estimate of drug-likeness (QED) is 0.739. The summed E-state index contributed by atoms with van der Waals surface area (Å²) in [6.45, 7) is 3.37. The molecule has 0 aliphatic rings. The molecular formula is C19H22N2O5. The molecule has 0 radical (unpaired) electrons. The molecule has 0 fully saturated rings. The summed E-state index contributed by atoms with van der Waals surface area (Å²) >= 11 is 0. The van der Waals surface area contributed by atoms with Gasteiger partial charge in [-0.3, -0.25) is 20.4 Å². The van der Waals surface area contributed by atoms with E-state index >= 15 is 0 Å². The molecule has 26 heavy (non-hydrogen) atoms. The number of hydrogen-bond donors (Lipinski definition) is 2. The number of carbonyl (C=O) groups is 2. The van der Waals surface area contributed by atoms with Crippen LogP contribution in [0.3, 0.4) is 0 Å². The second-order valence-electron chi connectivity index (χ2n) is 5.57. The van der Waals surface area contributed by atoms with Gasteiger partial charge in [-0.15, -0.1) is 0 Å². The average Bonchev–Trinajstić information content (AvgIpc) is 2.64. The first-order valence-corrected chi connectivity index (χ1v) is 8.03. The van der Waals surface area contributed by atoms with E-state index in [0.29, 0.717) is 17.2 Å². The highest BCUT2D eigenvalue weighted by atomic mass is 16.5. The van der Waals surface area contributed by atoms with E-state index in [4.69, 9.17) is 14.2 Å². The Kier molecular flexibility index (Phi) is 6.84. The largest absolute Gasteiger partial charge is 0.497 e. The van der Waals surface area contributed by atoms with E-state index < -0.39 is 11.8 Å². The Morgan fingerprint density at radius 1 is 0.808 bits per heavy atom. The van der Waals surface area contributed by atoms with Crippen molar-refractivity contribution in [1.82, 2.24) is 10.9 Å². The van der Waals surface area contributed by atoms with Gasteiger partial charge in [0, 0.05) is 0 Å². The van der Waals surface area contributed by atoms with Crippen molar-refractivity contribution in [1.29, 1.82) is 0 Å². The van der Waals surface area contributed by atoms with Crippen LogP contribution in [-0.2, 0) is 9.59 Å². The van der Waals surface area contributed by atoms with Gasteiger partial charge < -0.3 is 14.2 Å². The topological polar surface area (TPSA) is 85.9 Å². The molecule has 0 atom stereocenters. The molecule has 0 aliphatic carbocycles. The van der Waals surface area contributed by atoms with Crippen LogP contribution in [0.4, 0.5) is 0 Å². The minimum Gasteiger partial charge on any atom is -0.497 e. The Balaban J connectivity index is 1.70. The number of benzene rings is 2. The van der Waals surface area contributed by atoms with Crippen LogP contribution in [0.15, 0.2) is 42.5 Å². The van der Waals surface area contributed by atoms with E-state index in [1.807, 2.05) is 32.0 Å². The Labute approximate surface area is 152 Å². The lowest BCUT2D eigenvalue weighted by Gasteiger charge is -2.12. The van der Waals surface area contributed by atoms with E-state index in [9.17, 15) is 9.59 Å². The number of carbonyl (C=O) groups excluding carboxylic acids is 2. The zero-order valence-corrected chi connectivity index (χ0v) is 15.0. The van der Waals surface area contributed by atoms with Gasteiger partial charge in [0.15, 0.2) is 13.2 Å². The molecule has 0 saturated heterocycles. The van der Waals surface area contributed by atoms with Crippen LogP contribution in [0.25, 0.3) is 0 Å². The van der Waals surface area contributed by atoms with Gasteiger partial charge in [0.25, 0.3) is 11.8 Å². The van der Waals surface area contributed by atoms with E-state index in [1.54, 1.807) is 31.4 Å². The zero-order chi connectivity index (χ0) is 18.9. The summed E-state index contributed by atoms with van der Waals surface area (Å²) in [5.74, 6) is 0.923. The van der Waals surface area contributed by atoms with Crippen LogP contribution in [0.2, 0.25) is 0 Å². The van der Waals surface area contributed by atoms with Crippen LogP contribution >= 0.6 is 0 Å². The van der Waals surface area contributed by atoms with Gasteiger partial charge in [-0.2, -0.15) is 0 Å². The third-order valence-electron chi connectivity index (χ3n) is 3.53. The summed E-state index contributed by atoms with van der Waals surface area (Å²) in [4.78, 5) is 23.5. The van der Waals surface area contributed by atoms with Gasteiger partial charge in [-0.05, 0) is 49.2 Å². The molecular weight excluding hydrogens is 336 g/mol. The smallest absolute Gasteiger partial charge is 0.276 e. The van der Waals surface area contributed by atoms with Crippen LogP contribution in [-0.4, -0.2) is 32.1 Å². The first-order chi connectivity index (χ1) is 12.5. The zero-order valence-electron chi connectivity index (χ0n) is 15.0. The van der Waals surface area contributed by atoms with Gasteiger partial charge in [-0.25, -0.2) is 0 Å². The van der Waals surface area contributed by atoms with Crippen molar-refractivity contribution in [2.24, 2.45) is 0 Å². The fraction of sp³-hybridized carbons (Fsp3) is 0.263. The minimum absolute atomic E-state index is 0.203. The number of hydrogen-bond acceptors (Lipinski definition) is 5. The van der Waals surface area contributed by atoms with Crippen molar-refractivity contribution in [2.75, 3.05) is 20.3 Å². The third kappa shape index (κ3) is 5.70. The highest BCUT2D eigenvalue weighted by Crippen LogP contribution is 2.22. The number of amides is 2. The lowest BCUT2D eigenvalue weighted by molar-refractivity contribution is -0.131. The summed E-state index contributed by atoms with van der Waals surface area (Å²) in [6.07, 6.45) is 0. The fourth-order valence-electron chi connectivity index (χ4n) is 2.20. The molecule has 2 aromatic rings. The summed E-state index contributed by atoms with van der Waals surface area (Å²) in [7, 11) is 1.57. The van der Waals surface area contributed by atoms with Crippen molar-refractivity contribution in [3.8, 4) is 17.2 Å². The maximum Gasteiger partial charge on any atom is 0.276 e. The Morgan fingerprint density at radius 2 is 1.31 bits per heavy atom. The van der Waals surface area contributed by atoms with Crippen molar-refractivity contribution < 1.29 is 23.8 Å². The summed E-state index contributed by atoms with van der Waals surface area (Å²) in [5.41, 5.74) is 6.43. The minimum atomic E-state index is -0.485. The van der Waals surface area contributed by atoms with Gasteiger partial charge in [0.1, 0.15) is 17.2 Å². The number of para-hydroxylation sites is 1. The molecule has 138 valence electrons. The summed E-state index contributed by atoms with van der Waals surface area (Å²) in [6, 6.07) is 12.5. The third-order valence-corrected chi connectivity index (χ3v) is 3.53. The van der Waals surface area contributed by atoms with Gasteiger partial charge in [0.2, 0.25) is 0 Å². The molecule has 2 N–H and O–H groups in total. The molecule has 0 aliphatic heterocycles. The van der Waals surface area contributed by atoms with Crippen molar-refractivity contribution in [3.63, 3.8) is 0 Å². The van der Waals surface area contributed by atoms with E-state index in [-0.39, 0.29) is 13.2 Å². The average molecular weight is 358 g/mol. The lowest BCUT2D eigenvalue weighted by Crippen LogP contribution is -2.45. The second-order valence-corrected chi connectivity index (χ2v) is 5.57. The van der Waals surface area contributed by atoms with Crippen molar-refractivity contribution >= 4 is 11.8 Å². The van der Waals surface area contributed by atoms with Crippen LogP contribution in [0.5, 0.6) is 17.2 Å². The highest BCUT2D eigenvalue weighted by molar-refractivity contribution is 5.83. The van der Waals surface area contributed by atoms with Gasteiger partial charge >= 0.3 is 0 Å². The molecule has 7 heteroatoms. The molecule has 0 heterocycles. The number of ether oxygens (including phenoxy) is 3. The maximum absolute atomic E-state index is 11.8. The molecule has 0 aromatic heterocycles. The molecule has 0 spiro atoms. The number of aryl methyl sites for hydroxylation is 2. The molecule has 0 saturated carbocycles. The van der Waals surface area contributed by atoms with Crippen LogP contribution in [0, 0.1) is 13.8 Å². The fourth-order valence-corrected chi connectivity index (χ4v) is 2.20. The number of rotatable bonds is 7. The predicted molar refractivity (Wildman–Crippen MR) is 96.2 cm³/mol. The van der Waals surface area contributed by atoms with E-state index in [0.717, 1.165) is 11.1 Å². The standard InChI is InChI=1S/C19H22N2O5/c1-13-5-4-6-14(2)19(13)26-12-18(23)21-20-17(22)11-25-16-9-7-15(24-3)8-10-16/h4-10H,11-12H2,1-3H3,(H,20,22)(H,21,23). The van der Waals surface area contributed by atoms with Crippen LogP contribution in [0.1, 0.15) is 11.1 Å². The molecule has 0 unspecified atom stereocenters. The SMILES string of the molecule is COc1ccc(OCC(=O)NNC(=O)COc2c(C)cccc2C)cc1. The second kappa shape index (κ2) is 9.31. The molecule has 0 bridgehead atoms. The Morgan fingerprint density at radius 3 is 1.85 bits per heavy atom. The Bertz CT molecular complexity index is 739. The molecule has 7 nitrogen and oxygen atoms in total. The molecule has 2 amide bonds. The number of nitrogens with one attached hydrogen (secondary N) is 2. The van der Waals surface area contributed by atoms with Crippen molar-refractivity contribution in [2.45, 2.75) is 13.8 Å². The molecule has 2 rings (SSSR count). The predicted octanol–water partition coefficient (Wildman–Crippen LogP) is 1.92. The number of hydrazine groups is 1. The highest BCUT2D eigenvalue weighted by Gasteiger charge is 2.09. The van der Waals surface area contributed by atoms with Gasteiger partial charge in [0.05, 0.1) is 7.11 Å². The van der Waals surface area contributed by atoms with Crippen molar-refractivity contribution in [3.05, 3.63) is 53.6 Å². The van der Waals surface area contributed by atoms with E-state index in [1.165, 1.54) is 0 Å². The summed E-state index contributed by atoms with van der Waals surface area (Å²) < 4.78 is 15.9. The molecule has 2 aromatic carbocycles.